The van der Waals surface area contributed by atoms with E-state index in [9.17, 15) is 21.6 Å². The molecule has 0 bridgehead atoms. The summed E-state index contributed by atoms with van der Waals surface area (Å²) in [6.45, 7) is 4.84. The number of para-hydroxylation sites is 1. The zero-order chi connectivity index (χ0) is 20.6. The number of hydrogen-bond acceptors (Lipinski definition) is 4. The second-order valence-electron chi connectivity index (χ2n) is 7.43. The van der Waals surface area contributed by atoms with E-state index in [0.29, 0.717) is 6.42 Å². The van der Waals surface area contributed by atoms with Crippen LogP contribution < -0.4 is 9.64 Å². The van der Waals surface area contributed by atoms with Gasteiger partial charge in [-0.05, 0) is 62.6 Å². The Morgan fingerprint density at radius 1 is 1.04 bits per heavy atom. The van der Waals surface area contributed by atoms with E-state index in [2.05, 4.69) is 15.7 Å². The minimum absolute atomic E-state index is 0.0142. The normalized spacial score (nSPS) is 14.8. The van der Waals surface area contributed by atoms with Gasteiger partial charge < -0.3 is 9.64 Å². The summed E-state index contributed by atoms with van der Waals surface area (Å²) in [6, 6.07) is 12.4. The van der Waals surface area contributed by atoms with Crippen LogP contribution in [0.1, 0.15) is 25.8 Å². The first kappa shape index (κ1) is 20.5. The topological polar surface area (TPSA) is 46.6 Å². The Hall–Kier alpha value is -2.22. The third kappa shape index (κ3) is 4.60. The van der Waals surface area contributed by atoms with Gasteiger partial charge in [-0.15, -0.1) is 13.2 Å². The quantitative estimate of drug-likeness (QED) is 0.695. The van der Waals surface area contributed by atoms with E-state index in [1.165, 1.54) is 5.56 Å². The second kappa shape index (κ2) is 7.31. The zero-order valence-corrected chi connectivity index (χ0v) is 16.5. The highest BCUT2D eigenvalue weighted by Crippen LogP contribution is 2.35. The van der Waals surface area contributed by atoms with Gasteiger partial charge in [-0.1, -0.05) is 18.2 Å². The summed E-state index contributed by atoms with van der Waals surface area (Å²) in [5.41, 5.74) is 2.00. The molecule has 1 aliphatic heterocycles. The highest BCUT2D eigenvalue weighted by atomic mass is 32.2. The van der Waals surface area contributed by atoms with Crippen LogP contribution in [0.5, 0.6) is 5.75 Å². The molecule has 0 amide bonds. The Morgan fingerprint density at radius 2 is 1.68 bits per heavy atom. The molecule has 28 heavy (non-hydrogen) atoms. The Bertz CT molecular complexity index is 938. The maximum atomic E-state index is 12.7. The highest BCUT2D eigenvalue weighted by Gasteiger charge is 2.34. The summed E-state index contributed by atoms with van der Waals surface area (Å²) in [5.74, 6) is -0.543. The number of ether oxygens (including phenoxy) is 1. The average molecular weight is 413 g/mol. The molecule has 2 aromatic carbocycles. The largest absolute Gasteiger partial charge is 0.573 e. The molecule has 0 aliphatic carbocycles. The smallest absolute Gasteiger partial charge is 0.406 e. The van der Waals surface area contributed by atoms with Crippen molar-refractivity contribution < 1.29 is 26.3 Å². The second-order valence-corrected chi connectivity index (χ2v) is 9.54. The van der Waals surface area contributed by atoms with Gasteiger partial charge in [0.15, 0.2) is 9.84 Å². The lowest BCUT2D eigenvalue weighted by Crippen LogP contribution is -2.44. The standard InChI is InChI=1S/C20H22F3NO3S/c1-19(2,24-13-11-15-5-3-4-6-18(15)24)12-14-28(25,26)17-9-7-16(8-10-17)27-20(21,22)23/h3-10H,11-14H2,1-2H3. The first-order valence-corrected chi connectivity index (χ1v) is 10.6. The predicted molar refractivity (Wildman–Crippen MR) is 101 cm³/mol. The number of sulfone groups is 1. The molecule has 1 aliphatic rings. The first-order chi connectivity index (χ1) is 13.0. The fraction of sp³-hybridized carbons (Fsp3) is 0.400. The van der Waals surface area contributed by atoms with E-state index >= 15 is 0 Å². The minimum Gasteiger partial charge on any atom is -0.406 e. The molecule has 4 nitrogen and oxygen atoms in total. The van der Waals surface area contributed by atoms with Crippen LogP contribution in [-0.2, 0) is 16.3 Å². The molecule has 0 spiro atoms. The van der Waals surface area contributed by atoms with Gasteiger partial charge in [0.05, 0.1) is 10.6 Å². The summed E-state index contributed by atoms with van der Waals surface area (Å²) >= 11 is 0. The van der Waals surface area contributed by atoms with Gasteiger partial charge in [0.2, 0.25) is 0 Å². The van der Waals surface area contributed by atoms with Crippen LogP contribution in [0.25, 0.3) is 0 Å². The average Bonchev–Trinajstić information content (AvgIpc) is 3.04. The maximum absolute atomic E-state index is 12.7. The van der Waals surface area contributed by atoms with E-state index in [0.717, 1.165) is 42.9 Å². The molecule has 0 saturated heterocycles. The summed E-state index contributed by atoms with van der Waals surface area (Å²) in [7, 11) is -3.62. The lowest BCUT2D eigenvalue weighted by Gasteiger charge is -2.38. The molecule has 0 N–H and O–H groups in total. The van der Waals surface area contributed by atoms with Crippen molar-refractivity contribution in [2.24, 2.45) is 0 Å². The van der Waals surface area contributed by atoms with E-state index in [1.54, 1.807) is 0 Å². The van der Waals surface area contributed by atoms with Gasteiger partial charge in [0, 0.05) is 17.8 Å². The molecule has 8 heteroatoms. The van der Waals surface area contributed by atoms with Crippen LogP contribution in [0, 0.1) is 0 Å². The Labute approximate surface area is 162 Å². The van der Waals surface area contributed by atoms with Gasteiger partial charge in [0.1, 0.15) is 5.75 Å². The molecule has 2 aromatic rings. The van der Waals surface area contributed by atoms with Crippen molar-refractivity contribution >= 4 is 15.5 Å². The third-order valence-corrected chi connectivity index (χ3v) is 6.75. The number of alkyl halides is 3. The van der Waals surface area contributed by atoms with Gasteiger partial charge in [-0.25, -0.2) is 8.42 Å². The van der Waals surface area contributed by atoms with E-state index in [-0.39, 0.29) is 16.2 Å². The number of rotatable bonds is 6. The van der Waals surface area contributed by atoms with Crippen LogP contribution >= 0.6 is 0 Å². The Morgan fingerprint density at radius 3 is 2.32 bits per heavy atom. The number of fused-ring (bicyclic) bond motifs is 1. The van der Waals surface area contributed by atoms with Crippen molar-refractivity contribution in [1.29, 1.82) is 0 Å². The fourth-order valence-electron chi connectivity index (χ4n) is 3.45. The van der Waals surface area contributed by atoms with Gasteiger partial charge in [-0.3, -0.25) is 0 Å². The summed E-state index contributed by atoms with van der Waals surface area (Å²) in [5, 5.41) is 0. The van der Waals surface area contributed by atoms with Gasteiger partial charge in [0.25, 0.3) is 0 Å². The molecule has 0 atom stereocenters. The molecular formula is C20H22F3NO3S. The van der Waals surface area contributed by atoms with Crippen LogP contribution in [0.3, 0.4) is 0 Å². The van der Waals surface area contributed by atoms with E-state index < -0.39 is 21.9 Å². The van der Waals surface area contributed by atoms with Crippen molar-refractivity contribution in [3.05, 3.63) is 54.1 Å². The predicted octanol–water partition coefficient (Wildman–Crippen LogP) is 4.59. The lowest BCUT2D eigenvalue weighted by molar-refractivity contribution is -0.274. The third-order valence-electron chi connectivity index (χ3n) is 5.02. The highest BCUT2D eigenvalue weighted by molar-refractivity contribution is 7.91. The van der Waals surface area contributed by atoms with Gasteiger partial charge in [-0.2, -0.15) is 0 Å². The van der Waals surface area contributed by atoms with Crippen LogP contribution in [0.15, 0.2) is 53.4 Å². The molecule has 0 unspecified atom stereocenters. The number of anilines is 1. The molecule has 3 rings (SSSR count). The van der Waals surface area contributed by atoms with Crippen molar-refractivity contribution in [1.82, 2.24) is 0 Å². The van der Waals surface area contributed by atoms with Crippen LogP contribution in [0.4, 0.5) is 18.9 Å². The fourth-order valence-corrected chi connectivity index (χ4v) is 5.01. The number of halogens is 3. The number of benzene rings is 2. The molecular weight excluding hydrogens is 391 g/mol. The van der Waals surface area contributed by atoms with Crippen molar-refractivity contribution in [2.45, 2.75) is 43.5 Å². The number of nitrogens with zero attached hydrogens (tertiary/aromatic N) is 1. The van der Waals surface area contributed by atoms with E-state index in [4.69, 9.17) is 0 Å². The zero-order valence-electron chi connectivity index (χ0n) is 15.7. The molecule has 1 heterocycles. The Balaban J connectivity index is 1.69. The minimum atomic E-state index is -4.81. The maximum Gasteiger partial charge on any atom is 0.573 e. The monoisotopic (exact) mass is 413 g/mol. The summed E-state index contributed by atoms with van der Waals surface area (Å²) in [4.78, 5) is 2.21. The first-order valence-electron chi connectivity index (χ1n) is 8.92. The molecule has 0 aromatic heterocycles. The van der Waals surface area contributed by atoms with Crippen LogP contribution in [0.2, 0.25) is 0 Å². The number of hydrogen-bond donors (Lipinski definition) is 0. The lowest BCUT2D eigenvalue weighted by atomic mass is 9.99. The molecule has 152 valence electrons. The Kier molecular flexibility index (Phi) is 5.36. The van der Waals surface area contributed by atoms with Crippen molar-refractivity contribution in [3.63, 3.8) is 0 Å². The van der Waals surface area contributed by atoms with Crippen LogP contribution in [-0.4, -0.2) is 32.6 Å². The summed E-state index contributed by atoms with van der Waals surface area (Å²) in [6.07, 6.45) is -3.49. The van der Waals surface area contributed by atoms with Gasteiger partial charge >= 0.3 is 6.36 Å². The molecule has 0 radical (unpaired) electrons. The van der Waals surface area contributed by atoms with E-state index in [1.807, 2.05) is 32.0 Å². The SMILES string of the molecule is CC(C)(CCS(=O)(=O)c1ccc(OC(F)(F)F)cc1)N1CCc2ccccc21. The van der Waals surface area contributed by atoms with Crippen molar-refractivity contribution in [3.8, 4) is 5.75 Å². The molecule has 0 saturated carbocycles. The summed E-state index contributed by atoms with van der Waals surface area (Å²) < 4.78 is 65.8. The molecule has 0 fully saturated rings. The van der Waals surface area contributed by atoms with Crippen molar-refractivity contribution in [2.75, 3.05) is 17.2 Å².